The van der Waals surface area contributed by atoms with Gasteiger partial charge in [0, 0.05) is 35.7 Å². The van der Waals surface area contributed by atoms with Crippen molar-refractivity contribution in [2.75, 3.05) is 19.8 Å². The lowest BCUT2D eigenvalue weighted by molar-refractivity contribution is -0.384. The molecule has 2 aliphatic rings. The molecule has 0 N–H and O–H groups in total. The second-order valence-electron chi connectivity index (χ2n) is 11.3. The number of carbonyl (C=O) groups excluding carboxylic acids is 2. The Morgan fingerprint density at radius 3 is 2.20 bits per heavy atom. The second kappa shape index (κ2) is 14.9. The largest absolute Gasteiger partial charge is 0.465 e. The molecule has 2 heterocycles. The topological polar surface area (TPSA) is 99.0 Å². The molecule has 1 aromatic rings. The number of hydrogen-bond donors (Lipinski definition) is 0. The number of nitro benzene ring substituents is 1. The van der Waals surface area contributed by atoms with Crippen LogP contribution in [-0.4, -0.2) is 52.4 Å². The van der Waals surface area contributed by atoms with Crippen LogP contribution < -0.4 is 0 Å². The third-order valence-corrected chi connectivity index (χ3v) is 8.81. The van der Waals surface area contributed by atoms with Gasteiger partial charge in [-0.15, -0.1) is 11.6 Å². The third kappa shape index (κ3) is 7.36. The summed E-state index contributed by atoms with van der Waals surface area (Å²) in [5, 5.41) is 11.2. The number of carbonyl (C=O) groups is 2. The lowest BCUT2D eigenvalue weighted by atomic mass is 9.63. The Morgan fingerprint density at radius 1 is 1.02 bits per heavy atom. The first-order valence-electron chi connectivity index (χ1n) is 14.9. The standard InChI is InChI=1S/C31H45ClN2O6/c1-5-7-9-11-19-39-29(35)26-22(3)33-18-17-24(32)21-31(33,4)28(30(36)40-20-12-10-8-6-2)27(26)23-13-15-25(16-14-23)34(37)38/h13-16,24,27-28H,5-12,17-21H2,1-4H3. The molecule has 1 aromatic carbocycles. The molecule has 8 nitrogen and oxygen atoms in total. The first kappa shape index (κ1) is 31.9. The fourth-order valence-electron chi connectivity index (χ4n) is 6.32. The van der Waals surface area contributed by atoms with E-state index in [0.717, 1.165) is 63.5 Å². The minimum atomic E-state index is -0.743. The highest BCUT2D eigenvalue weighted by atomic mass is 35.5. The molecule has 0 aromatic heterocycles. The van der Waals surface area contributed by atoms with E-state index < -0.39 is 28.3 Å². The molecule has 0 aliphatic carbocycles. The SMILES string of the molecule is CCCCCCOC(=O)C1=C(C)N2CCC(Cl)CC2(C)C(C(=O)OCCCCCC)C1c1ccc([N+](=O)[O-])cc1. The summed E-state index contributed by atoms with van der Waals surface area (Å²) in [4.78, 5) is 40.8. The zero-order chi connectivity index (χ0) is 29.3. The molecule has 0 saturated carbocycles. The van der Waals surface area contributed by atoms with Gasteiger partial charge in [-0.3, -0.25) is 14.9 Å². The molecule has 4 unspecified atom stereocenters. The van der Waals surface area contributed by atoms with Crippen LogP contribution in [0.1, 0.15) is 103 Å². The number of piperidine rings is 1. The number of esters is 2. The van der Waals surface area contributed by atoms with Gasteiger partial charge in [-0.05, 0) is 45.1 Å². The van der Waals surface area contributed by atoms with E-state index in [1.807, 2.05) is 13.8 Å². The Labute approximate surface area is 243 Å². The Kier molecular flexibility index (Phi) is 11.9. The number of nitro groups is 1. The van der Waals surface area contributed by atoms with E-state index in [9.17, 15) is 19.7 Å². The highest BCUT2D eigenvalue weighted by Crippen LogP contribution is 2.53. The quantitative estimate of drug-likeness (QED) is 0.0753. The lowest BCUT2D eigenvalue weighted by Gasteiger charge is -2.57. The van der Waals surface area contributed by atoms with Gasteiger partial charge in [-0.1, -0.05) is 64.5 Å². The average Bonchev–Trinajstić information content (AvgIpc) is 2.92. The number of halogens is 1. The minimum absolute atomic E-state index is 0.0540. The van der Waals surface area contributed by atoms with E-state index in [1.54, 1.807) is 12.1 Å². The number of hydrogen-bond acceptors (Lipinski definition) is 7. The first-order chi connectivity index (χ1) is 19.2. The van der Waals surface area contributed by atoms with Crippen molar-refractivity contribution < 1.29 is 24.0 Å². The zero-order valence-electron chi connectivity index (χ0n) is 24.5. The number of benzene rings is 1. The van der Waals surface area contributed by atoms with Crippen molar-refractivity contribution in [2.45, 2.75) is 109 Å². The number of ether oxygens (including phenoxy) is 2. The zero-order valence-corrected chi connectivity index (χ0v) is 25.2. The molecular formula is C31H45ClN2O6. The Hall–Kier alpha value is -2.61. The maximum Gasteiger partial charge on any atom is 0.336 e. The number of nitrogens with zero attached hydrogens (tertiary/aromatic N) is 2. The molecule has 1 saturated heterocycles. The average molecular weight is 577 g/mol. The molecule has 2 aliphatic heterocycles. The Morgan fingerprint density at radius 2 is 1.62 bits per heavy atom. The van der Waals surface area contributed by atoms with Crippen LogP contribution in [0.25, 0.3) is 0 Å². The smallest absolute Gasteiger partial charge is 0.336 e. The van der Waals surface area contributed by atoms with Gasteiger partial charge < -0.3 is 14.4 Å². The van der Waals surface area contributed by atoms with E-state index in [-0.39, 0.29) is 17.0 Å². The number of fused-ring (bicyclic) bond motifs is 1. The summed E-state index contributed by atoms with van der Waals surface area (Å²) in [7, 11) is 0. The van der Waals surface area contributed by atoms with Crippen LogP contribution in [-0.2, 0) is 19.1 Å². The number of non-ortho nitro benzene ring substituents is 1. The Bertz CT molecular complexity index is 1060. The van der Waals surface area contributed by atoms with Gasteiger partial charge >= 0.3 is 11.9 Å². The van der Waals surface area contributed by atoms with Crippen molar-refractivity contribution >= 4 is 29.2 Å². The van der Waals surface area contributed by atoms with Crippen molar-refractivity contribution in [3.05, 3.63) is 51.2 Å². The fourth-order valence-corrected chi connectivity index (χ4v) is 6.73. The summed E-state index contributed by atoms with van der Waals surface area (Å²) in [5.41, 5.74) is 1.07. The van der Waals surface area contributed by atoms with Crippen LogP contribution in [0.4, 0.5) is 5.69 Å². The predicted octanol–water partition coefficient (Wildman–Crippen LogP) is 7.29. The van der Waals surface area contributed by atoms with E-state index in [1.165, 1.54) is 12.1 Å². The van der Waals surface area contributed by atoms with Crippen molar-refractivity contribution in [3.63, 3.8) is 0 Å². The van der Waals surface area contributed by atoms with Crippen molar-refractivity contribution in [2.24, 2.45) is 5.92 Å². The maximum absolute atomic E-state index is 14.0. The van der Waals surface area contributed by atoms with E-state index in [4.69, 9.17) is 21.1 Å². The van der Waals surface area contributed by atoms with Crippen LogP contribution in [0.15, 0.2) is 35.5 Å². The molecule has 0 spiro atoms. The van der Waals surface area contributed by atoms with Crippen molar-refractivity contribution in [3.8, 4) is 0 Å². The van der Waals surface area contributed by atoms with Gasteiger partial charge in [0.05, 0.1) is 35.2 Å². The van der Waals surface area contributed by atoms with Gasteiger partial charge in [0.1, 0.15) is 0 Å². The molecule has 0 bridgehead atoms. The van der Waals surface area contributed by atoms with Crippen LogP contribution in [0, 0.1) is 16.0 Å². The number of rotatable bonds is 14. The Balaban J connectivity index is 2.06. The molecule has 222 valence electrons. The van der Waals surface area contributed by atoms with Crippen LogP contribution in [0.5, 0.6) is 0 Å². The number of alkyl halides is 1. The maximum atomic E-state index is 14.0. The molecule has 40 heavy (non-hydrogen) atoms. The minimum Gasteiger partial charge on any atom is -0.465 e. The van der Waals surface area contributed by atoms with Gasteiger partial charge in [-0.2, -0.15) is 0 Å². The van der Waals surface area contributed by atoms with E-state index >= 15 is 0 Å². The van der Waals surface area contributed by atoms with E-state index in [2.05, 4.69) is 18.7 Å². The summed E-state index contributed by atoms with van der Waals surface area (Å²) in [5.74, 6) is -2.25. The van der Waals surface area contributed by atoms with Gasteiger partial charge in [0.25, 0.3) is 5.69 Å². The van der Waals surface area contributed by atoms with Gasteiger partial charge in [0.15, 0.2) is 0 Å². The van der Waals surface area contributed by atoms with Crippen LogP contribution >= 0.6 is 11.6 Å². The number of unbranched alkanes of at least 4 members (excludes halogenated alkanes) is 6. The van der Waals surface area contributed by atoms with Crippen LogP contribution in [0.3, 0.4) is 0 Å². The van der Waals surface area contributed by atoms with E-state index in [0.29, 0.717) is 37.3 Å². The highest BCUT2D eigenvalue weighted by molar-refractivity contribution is 6.20. The highest BCUT2D eigenvalue weighted by Gasteiger charge is 2.57. The summed E-state index contributed by atoms with van der Waals surface area (Å²) >= 11 is 6.70. The number of allylic oxidation sites excluding steroid dienone is 1. The molecular weight excluding hydrogens is 532 g/mol. The second-order valence-corrected chi connectivity index (χ2v) is 11.9. The van der Waals surface area contributed by atoms with Crippen molar-refractivity contribution in [1.29, 1.82) is 0 Å². The monoisotopic (exact) mass is 576 g/mol. The molecule has 0 radical (unpaired) electrons. The predicted molar refractivity (Wildman–Crippen MR) is 156 cm³/mol. The molecule has 1 fully saturated rings. The van der Waals surface area contributed by atoms with Crippen molar-refractivity contribution in [1.82, 2.24) is 4.90 Å². The lowest BCUT2D eigenvalue weighted by Crippen LogP contribution is -2.62. The fraction of sp³-hybridized carbons (Fsp3) is 0.677. The molecule has 3 rings (SSSR count). The summed E-state index contributed by atoms with van der Waals surface area (Å²) in [6.07, 6.45) is 9.07. The molecule has 9 heteroatoms. The van der Waals surface area contributed by atoms with Gasteiger partial charge in [-0.25, -0.2) is 4.79 Å². The van der Waals surface area contributed by atoms with Gasteiger partial charge in [0.2, 0.25) is 0 Å². The first-order valence-corrected chi connectivity index (χ1v) is 15.3. The summed E-state index contributed by atoms with van der Waals surface area (Å²) in [6, 6.07) is 6.13. The summed E-state index contributed by atoms with van der Waals surface area (Å²) in [6.45, 7) is 9.41. The molecule has 0 amide bonds. The van der Waals surface area contributed by atoms with Crippen LogP contribution in [0.2, 0.25) is 0 Å². The third-order valence-electron chi connectivity index (χ3n) is 8.44. The summed E-state index contributed by atoms with van der Waals surface area (Å²) < 4.78 is 11.7. The normalized spacial score (nSPS) is 24.4. The molecule has 4 atom stereocenters.